The maximum atomic E-state index is 9.74. The molecule has 142 valence electrons. The molecule has 0 fully saturated rings. The van der Waals surface area contributed by atoms with Crippen molar-refractivity contribution < 1.29 is 9.47 Å². The van der Waals surface area contributed by atoms with Crippen LogP contribution in [0.1, 0.15) is 17.0 Å². The third-order valence-electron chi connectivity index (χ3n) is 4.52. The van der Waals surface area contributed by atoms with Crippen LogP contribution >= 0.6 is 0 Å². The molecule has 1 N–H and O–H groups in total. The standard InChI is InChI=1S/C24H19N3O2/c1-28-22-13-7-10-18(23(22)29-16-17-8-3-2-4-9-17)14-19(15-25)24-26-20-11-5-6-12-21(20)27-24/h2-14H,16H2,1H3,(H,26,27). The van der Waals surface area contributed by atoms with E-state index in [9.17, 15) is 5.26 Å². The van der Waals surface area contributed by atoms with Crippen molar-refractivity contribution in [2.45, 2.75) is 6.61 Å². The lowest BCUT2D eigenvalue weighted by atomic mass is 10.1. The van der Waals surface area contributed by atoms with E-state index in [-0.39, 0.29) is 0 Å². The first-order valence-electron chi connectivity index (χ1n) is 9.19. The molecule has 0 aliphatic carbocycles. The number of nitriles is 1. The largest absolute Gasteiger partial charge is 0.493 e. The van der Waals surface area contributed by atoms with Crippen LogP contribution in [0.15, 0.2) is 72.8 Å². The van der Waals surface area contributed by atoms with Crippen LogP contribution in [0.25, 0.3) is 22.7 Å². The topological polar surface area (TPSA) is 70.9 Å². The number of aromatic amines is 1. The molecule has 0 spiro atoms. The van der Waals surface area contributed by atoms with Gasteiger partial charge in [0, 0.05) is 5.56 Å². The summed E-state index contributed by atoms with van der Waals surface area (Å²) in [5, 5.41) is 9.74. The van der Waals surface area contributed by atoms with Gasteiger partial charge in [0.1, 0.15) is 18.5 Å². The Bertz CT molecular complexity index is 1170. The van der Waals surface area contributed by atoms with Crippen LogP contribution in [0.4, 0.5) is 0 Å². The minimum atomic E-state index is 0.397. The number of allylic oxidation sites excluding steroid dienone is 1. The number of fused-ring (bicyclic) bond motifs is 1. The minimum absolute atomic E-state index is 0.397. The van der Waals surface area contributed by atoms with Gasteiger partial charge in [-0.25, -0.2) is 4.98 Å². The number of rotatable bonds is 6. The number of hydrogen-bond acceptors (Lipinski definition) is 4. The second-order valence-electron chi connectivity index (χ2n) is 6.43. The van der Waals surface area contributed by atoms with Gasteiger partial charge in [-0.1, -0.05) is 54.6 Å². The van der Waals surface area contributed by atoms with E-state index >= 15 is 0 Å². The molecule has 1 heterocycles. The summed E-state index contributed by atoms with van der Waals surface area (Å²) in [5.41, 5.74) is 3.91. The van der Waals surface area contributed by atoms with Gasteiger partial charge >= 0.3 is 0 Å². The highest BCUT2D eigenvalue weighted by molar-refractivity contribution is 5.91. The van der Waals surface area contributed by atoms with E-state index in [1.807, 2.05) is 72.8 Å². The van der Waals surface area contributed by atoms with Gasteiger partial charge in [-0.2, -0.15) is 5.26 Å². The number of ether oxygens (including phenoxy) is 2. The third-order valence-corrected chi connectivity index (χ3v) is 4.52. The highest BCUT2D eigenvalue weighted by Gasteiger charge is 2.13. The van der Waals surface area contributed by atoms with Gasteiger partial charge < -0.3 is 14.5 Å². The Morgan fingerprint density at radius 1 is 1.03 bits per heavy atom. The first-order valence-corrected chi connectivity index (χ1v) is 9.19. The lowest BCUT2D eigenvalue weighted by Crippen LogP contribution is -1.99. The van der Waals surface area contributed by atoms with Gasteiger partial charge in [-0.15, -0.1) is 0 Å². The zero-order valence-electron chi connectivity index (χ0n) is 15.9. The summed E-state index contributed by atoms with van der Waals surface area (Å²) in [6, 6.07) is 25.4. The van der Waals surface area contributed by atoms with E-state index < -0.39 is 0 Å². The number of nitrogens with one attached hydrogen (secondary N) is 1. The zero-order valence-corrected chi connectivity index (χ0v) is 15.9. The maximum absolute atomic E-state index is 9.74. The molecule has 5 nitrogen and oxygen atoms in total. The first-order chi connectivity index (χ1) is 14.3. The van der Waals surface area contributed by atoms with Gasteiger partial charge in [0.15, 0.2) is 11.5 Å². The van der Waals surface area contributed by atoms with Crippen molar-refractivity contribution >= 4 is 22.7 Å². The van der Waals surface area contributed by atoms with E-state index in [4.69, 9.17) is 9.47 Å². The molecule has 0 amide bonds. The molecule has 0 bridgehead atoms. The number of para-hydroxylation sites is 3. The maximum Gasteiger partial charge on any atom is 0.168 e. The van der Waals surface area contributed by atoms with E-state index in [0.717, 1.165) is 22.2 Å². The second-order valence-corrected chi connectivity index (χ2v) is 6.43. The molecule has 5 heteroatoms. The molecule has 0 aliphatic heterocycles. The number of aromatic nitrogens is 2. The molecule has 3 aromatic carbocycles. The number of imidazole rings is 1. The van der Waals surface area contributed by atoms with Crippen LogP contribution in [-0.4, -0.2) is 17.1 Å². The van der Waals surface area contributed by atoms with Gasteiger partial charge in [0.05, 0.1) is 23.7 Å². The molecule has 0 atom stereocenters. The molecule has 1 aromatic heterocycles. The fourth-order valence-corrected chi connectivity index (χ4v) is 3.08. The Morgan fingerprint density at radius 2 is 1.83 bits per heavy atom. The molecule has 29 heavy (non-hydrogen) atoms. The van der Waals surface area contributed by atoms with Gasteiger partial charge in [0.2, 0.25) is 0 Å². The van der Waals surface area contributed by atoms with E-state index in [0.29, 0.717) is 29.5 Å². The minimum Gasteiger partial charge on any atom is -0.493 e. The van der Waals surface area contributed by atoms with Crippen molar-refractivity contribution in [2.24, 2.45) is 0 Å². The Morgan fingerprint density at radius 3 is 2.59 bits per heavy atom. The highest BCUT2D eigenvalue weighted by Crippen LogP contribution is 2.34. The third kappa shape index (κ3) is 3.97. The fraction of sp³-hybridized carbons (Fsp3) is 0.0833. The van der Waals surface area contributed by atoms with Crippen LogP contribution in [0.3, 0.4) is 0 Å². The Kier molecular flexibility index (Phi) is 5.26. The van der Waals surface area contributed by atoms with Gasteiger partial charge in [0.25, 0.3) is 0 Å². The van der Waals surface area contributed by atoms with Crippen LogP contribution in [0.2, 0.25) is 0 Å². The summed E-state index contributed by atoms with van der Waals surface area (Å²) in [6.07, 6.45) is 1.76. The summed E-state index contributed by atoms with van der Waals surface area (Å²) in [4.78, 5) is 7.73. The summed E-state index contributed by atoms with van der Waals surface area (Å²) in [5.74, 6) is 1.71. The number of benzene rings is 3. The highest BCUT2D eigenvalue weighted by atomic mass is 16.5. The van der Waals surface area contributed by atoms with Crippen LogP contribution < -0.4 is 9.47 Å². The van der Waals surface area contributed by atoms with Gasteiger partial charge in [-0.05, 0) is 29.8 Å². The number of nitrogens with zero attached hydrogens (tertiary/aromatic N) is 2. The zero-order chi connectivity index (χ0) is 20.1. The quantitative estimate of drug-likeness (QED) is 0.465. The van der Waals surface area contributed by atoms with Crippen molar-refractivity contribution in [1.29, 1.82) is 5.26 Å². The van der Waals surface area contributed by atoms with Crippen LogP contribution in [0, 0.1) is 11.3 Å². The Balaban J connectivity index is 1.71. The van der Waals surface area contributed by atoms with Crippen molar-refractivity contribution in [3.05, 3.63) is 89.7 Å². The molecule has 0 aliphatic rings. The predicted molar refractivity (Wildman–Crippen MR) is 113 cm³/mol. The summed E-state index contributed by atoms with van der Waals surface area (Å²) in [7, 11) is 1.60. The SMILES string of the molecule is COc1cccc(C=C(C#N)c2nc3ccccc3[nH]2)c1OCc1ccccc1. The molecule has 0 radical (unpaired) electrons. The molecule has 0 unspecified atom stereocenters. The van der Waals surface area contributed by atoms with Crippen LogP contribution in [0.5, 0.6) is 11.5 Å². The second kappa shape index (κ2) is 8.32. The molecular formula is C24H19N3O2. The first kappa shape index (κ1) is 18.3. The Labute approximate surface area is 168 Å². The lowest BCUT2D eigenvalue weighted by Gasteiger charge is -2.13. The average molecular weight is 381 g/mol. The molecule has 4 aromatic rings. The molecule has 0 saturated heterocycles. The van der Waals surface area contributed by atoms with Crippen molar-refractivity contribution in [1.82, 2.24) is 9.97 Å². The predicted octanol–water partition coefficient (Wildman–Crippen LogP) is 5.21. The molecule has 0 saturated carbocycles. The Hall–Kier alpha value is -4.04. The smallest absolute Gasteiger partial charge is 0.168 e. The van der Waals surface area contributed by atoms with Crippen molar-refractivity contribution in [3.63, 3.8) is 0 Å². The number of methoxy groups -OCH3 is 1. The molecule has 4 rings (SSSR count). The summed E-state index contributed by atoms with van der Waals surface area (Å²) < 4.78 is 11.6. The van der Waals surface area contributed by atoms with E-state index in [1.54, 1.807) is 13.2 Å². The molecular weight excluding hydrogens is 362 g/mol. The average Bonchev–Trinajstić information content (AvgIpc) is 3.21. The van der Waals surface area contributed by atoms with E-state index in [1.165, 1.54) is 0 Å². The normalized spacial score (nSPS) is 11.2. The van der Waals surface area contributed by atoms with Crippen molar-refractivity contribution in [3.8, 4) is 17.6 Å². The van der Waals surface area contributed by atoms with Gasteiger partial charge in [-0.3, -0.25) is 0 Å². The summed E-state index contributed by atoms with van der Waals surface area (Å²) in [6.45, 7) is 0.397. The number of hydrogen-bond donors (Lipinski definition) is 1. The summed E-state index contributed by atoms with van der Waals surface area (Å²) >= 11 is 0. The lowest BCUT2D eigenvalue weighted by molar-refractivity contribution is 0.284. The number of H-pyrrole nitrogens is 1. The van der Waals surface area contributed by atoms with Crippen molar-refractivity contribution in [2.75, 3.05) is 7.11 Å². The monoisotopic (exact) mass is 381 g/mol. The fourth-order valence-electron chi connectivity index (χ4n) is 3.08. The van der Waals surface area contributed by atoms with Crippen LogP contribution in [-0.2, 0) is 6.61 Å². The van der Waals surface area contributed by atoms with E-state index in [2.05, 4.69) is 16.0 Å².